The van der Waals surface area contributed by atoms with Crippen LogP contribution in [-0.4, -0.2) is 13.2 Å². The van der Waals surface area contributed by atoms with E-state index in [2.05, 4.69) is 54.0 Å². The van der Waals surface area contributed by atoms with E-state index in [4.69, 9.17) is 4.74 Å². The number of ether oxygens (including phenoxy) is 1. The second-order valence-electron chi connectivity index (χ2n) is 5.72. The molecule has 1 aliphatic rings. The summed E-state index contributed by atoms with van der Waals surface area (Å²) in [7, 11) is 0. The van der Waals surface area contributed by atoms with Crippen molar-refractivity contribution in [2.45, 2.75) is 37.9 Å². The molecule has 0 spiro atoms. The minimum Gasteiger partial charge on any atom is -0.381 e. The number of benzene rings is 1. The fraction of sp³-hybridized carbons (Fsp3) is 0.625. The summed E-state index contributed by atoms with van der Waals surface area (Å²) in [4.78, 5) is 0.436. The molecule has 2 atom stereocenters. The number of halogens is 1. The van der Waals surface area contributed by atoms with Crippen LogP contribution in [0.2, 0.25) is 0 Å². The van der Waals surface area contributed by atoms with Crippen LogP contribution in [0.4, 0.5) is 0 Å². The molecule has 18 heavy (non-hydrogen) atoms. The topological polar surface area (TPSA) is 9.23 Å². The highest BCUT2D eigenvalue weighted by molar-refractivity contribution is 9.09. The van der Waals surface area contributed by atoms with E-state index < -0.39 is 0 Å². The molecule has 2 heteroatoms. The van der Waals surface area contributed by atoms with Crippen molar-refractivity contribution in [2.75, 3.05) is 13.2 Å². The fourth-order valence-electron chi connectivity index (χ4n) is 2.58. The number of hydrogen-bond donors (Lipinski definition) is 0. The Bertz CT molecular complexity index is 352. The lowest BCUT2D eigenvalue weighted by molar-refractivity contribution is 0.0546. The van der Waals surface area contributed by atoms with Crippen LogP contribution < -0.4 is 0 Å². The monoisotopic (exact) mass is 310 g/mol. The van der Waals surface area contributed by atoms with Crippen molar-refractivity contribution in [3.05, 3.63) is 35.4 Å². The Balaban J connectivity index is 1.99. The molecule has 1 nitrogen and oxygen atoms in total. The summed E-state index contributed by atoms with van der Waals surface area (Å²) in [5.41, 5.74) is 2.83. The third kappa shape index (κ3) is 3.83. The first-order valence-electron chi connectivity index (χ1n) is 6.97. The molecule has 0 radical (unpaired) electrons. The van der Waals surface area contributed by atoms with Crippen LogP contribution in [0.25, 0.3) is 0 Å². The Morgan fingerprint density at radius 3 is 2.56 bits per heavy atom. The van der Waals surface area contributed by atoms with Gasteiger partial charge in [0.1, 0.15) is 0 Å². The standard InChI is InChI=1S/C16H23BrO/c1-12(2)10-13-5-7-14(8-6-13)16(17)15-4-3-9-18-11-15/h5-8,12,15-16H,3-4,9-11H2,1-2H3. The van der Waals surface area contributed by atoms with E-state index in [-0.39, 0.29) is 0 Å². The van der Waals surface area contributed by atoms with Crippen LogP contribution in [0.15, 0.2) is 24.3 Å². The third-order valence-corrected chi connectivity index (χ3v) is 4.83. The lowest BCUT2D eigenvalue weighted by atomic mass is 9.93. The highest BCUT2D eigenvalue weighted by Gasteiger charge is 2.23. The molecule has 100 valence electrons. The van der Waals surface area contributed by atoms with Crippen molar-refractivity contribution < 1.29 is 4.74 Å². The predicted molar refractivity (Wildman–Crippen MR) is 80.2 cm³/mol. The molecule has 0 saturated carbocycles. The molecule has 0 aromatic heterocycles. The maximum Gasteiger partial charge on any atom is 0.0508 e. The molecule has 0 bridgehead atoms. The van der Waals surface area contributed by atoms with Crippen LogP contribution in [0, 0.1) is 11.8 Å². The van der Waals surface area contributed by atoms with E-state index in [1.165, 1.54) is 30.4 Å². The predicted octanol–water partition coefficient (Wildman–Crippen LogP) is 4.75. The molecule has 2 rings (SSSR count). The van der Waals surface area contributed by atoms with E-state index in [1.54, 1.807) is 0 Å². The van der Waals surface area contributed by atoms with E-state index in [1.807, 2.05) is 0 Å². The average molecular weight is 311 g/mol. The lowest BCUT2D eigenvalue weighted by Gasteiger charge is -2.26. The molecule has 1 aliphatic heterocycles. The summed E-state index contributed by atoms with van der Waals surface area (Å²) < 4.78 is 5.57. The van der Waals surface area contributed by atoms with Gasteiger partial charge in [-0.3, -0.25) is 0 Å². The van der Waals surface area contributed by atoms with E-state index in [0.29, 0.717) is 10.7 Å². The highest BCUT2D eigenvalue weighted by Crippen LogP contribution is 2.35. The third-order valence-electron chi connectivity index (χ3n) is 3.55. The largest absolute Gasteiger partial charge is 0.381 e. The Labute approximate surface area is 119 Å². The summed E-state index contributed by atoms with van der Waals surface area (Å²) in [5, 5.41) is 0. The Morgan fingerprint density at radius 1 is 1.28 bits per heavy atom. The summed E-state index contributed by atoms with van der Waals surface area (Å²) in [6.45, 7) is 6.36. The van der Waals surface area contributed by atoms with Gasteiger partial charge in [-0.05, 0) is 42.2 Å². The zero-order valence-electron chi connectivity index (χ0n) is 11.4. The van der Waals surface area contributed by atoms with Gasteiger partial charge in [0.2, 0.25) is 0 Å². The Hall–Kier alpha value is -0.340. The molecular weight excluding hydrogens is 288 g/mol. The van der Waals surface area contributed by atoms with Crippen LogP contribution >= 0.6 is 15.9 Å². The first-order chi connectivity index (χ1) is 8.66. The molecule has 0 aliphatic carbocycles. The van der Waals surface area contributed by atoms with Crippen molar-refractivity contribution in [1.82, 2.24) is 0 Å². The van der Waals surface area contributed by atoms with Gasteiger partial charge >= 0.3 is 0 Å². The van der Waals surface area contributed by atoms with Crippen molar-refractivity contribution >= 4 is 15.9 Å². The molecular formula is C16H23BrO. The van der Waals surface area contributed by atoms with Crippen molar-refractivity contribution in [2.24, 2.45) is 11.8 Å². The summed E-state index contributed by atoms with van der Waals surface area (Å²) in [6.07, 6.45) is 3.63. The second-order valence-corrected chi connectivity index (χ2v) is 6.71. The van der Waals surface area contributed by atoms with Crippen molar-refractivity contribution in [3.63, 3.8) is 0 Å². The molecule has 1 heterocycles. The summed E-state index contributed by atoms with van der Waals surface area (Å²) >= 11 is 3.84. The normalized spacial score (nSPS) is 22.1. The molecule has 0 N–H and O–H groups in total. The van der Waals surface area contributed by atoms with Crippen LogP contribution in [-0.2, 0) is 11.2 Å². The summed E-state index contributed by atoms with van der Waals surface area (Å²) in [5.74, 6) is 1.34. The first-order valence-corrected chi connectivity index (χ1v) is 7.89. The number of alkyl halides is 1. The maximum atomic E-state index is 5.57. The van der Waals surface area contributed by atoms with Gasteiger partial charge in [0, 0.05) is 11.4 Å². The SMILES string of the molecule is CC(C)Cc1ccc(C(Br)C2CCCOC2)cc1. The van der Waals surface area contributed by atoms with Gasteiger partial charge in [0.15, 0.2) is 0 Å². The van der Waals surface area contributed by atoms with Crippen LogP contribution in [0.3, 0.4) is 0 Å². The van der Waals surface area contributed by atoms with Gasteiger partial charge in [0.25, 0.3) is 0 Å². The van der Waals surface area contributed by atoms with E-state index in [9.17, 15) is 0 Å². The Morgan fingerprint density at radius 2 is 2.00 bits per heavy atom. The van der Waals surface area contributed by atoms with Crippen molar-refractivity contribution in [1.29, 1.82) is 0 Å². The average Bonchev–Trinajstić information content (AvgIpc) is 2.39. The molecule has 1 saturated heterocycles. The summed E-state index contributed by atoms with van der Waals surface area (Å²) in [6, 6.07) is 9.08. The van der Waals surface area contributed by atoms with Gasteiger partial charge < -0.3 is 4.74 Å². The zero-order valence-corrected chi connectivity index (χ0v) is 12.9. The zero-order chi connectivity index (χ0) is 13.0. The van der Waals surface area contributed by atoms with Gasteiger partial charge in [-0.25, -0.2) is 0 Å². The number of rotatable bonds is 4. The van der Waals surface area contributed by atoms with Gasteiger partial charge in [-0.15, -0.1) is 0 Å². The fourth-order valence-corrected chi connectivity index (χ4v) is 3.30. The van der Waals surface area contributed by atoms with Gasteiger partial charge in [-0.2, -0.15) is 0 Å². The lowest BCUT2D eigenvalue weighted by Crippen LogP contribution is -2.20. The smallest absolute Gasteiger partial charge is 0.0508 e. The first kappa shape index (κ1) is 14.1. The van der Waals surface area contributed by atoms with Gasteiger partial charge in [-0.1, -0.05) is 54.0 Å². The Kier molecular flexibility index (Phi) is 5.25. The van der Waals surface area contributed by atoms with Gasteiger partial charge in [0.05, 0.1) is 6.61 Å². The number of hydrogen-bond acceptors (Lipinski definition) is 1. The molecule has 1 aromatic rings. The molecule has 0 amide bonds. The highest BCUT2D eigenvalue weighted by atomic mass is 79.9. The van der Waals surface area contributed by atoms with Crippen LogP contribution in [0.1, 0.15) is 42.6 Å². The van der Waals surface area contributed by atoms with E-state index >= 15 is 0 Å². The van der Waals surface area contributed by atoms with Crippen molar-refractivity contribution in [3.8, 4) is 0 Å². The van der Waals surface area contributed by atoms with Crippen LogP contribution in [0.5, 0.6) is 0 Å². The molecule has 1 fully saturated rings. The molecule has 1 aromatic carbocycles. The van der Waals surface area contributed by atoms with E-state index in [0.717, 1.165) is 19.1 Å². The maximum absolute atomic E-state index is 5.57. The molecule has 2 unspecified atom stereocenters. The second kappa shape index (κ2) is 6.72. The minimum atomic E-state index is 0.436. The minimum absolute atomic E-state index is 0.436. The quantitative estimate of drug-likeness (QED) is 0.729.